The van der Waals surface area contributed by atoms with Gasteiger partial charge in [-0.15, -0.1) is 0 Å². The van der Waals surface area contributed by atoms with Crippen molar-refractivity contribution in [2.75, 3.05) is 0 Å². The summed E-state index contributed by atoms with van der Waals surface area (Å²) in [6, 6.07) is 0. The molecule has 0 aliphatic rings. The Balaban J connectivity index is 5.01. The second kappa shape index (κ2) is 8.46. The smallest absolute Gasteiger partial charge is 0.227 e. The molecule has 0 spiro atoms. The molecule has 0 saturated heterocycles. The highest BCUT2D eigenvalue weighted by Gasteiger charge is 2.80. The van der Waals surface area contributed by atoms with Gasteiger partial charge in [-0.25, -0.2) is 4.39 Å². The van der Waals surface area contributed by atoms with Gasteiger partial charge < -0.3 is 0 Å². The summed E-state index contributed by atoms with van der Waals surface area (Å²) < 4.78 is 113. The number of alkyl halides is 10. The minimum Gasteiger partial charge on any atom is -0.227 e. The van der Waals surface area contributed by atoms with Crippen LogP contribution in [0.3, 0.4) is 0 Å². The van der Waals surface area contributed by atoms with Crippen LogP contribution in [-0.4, -0.2) is 27.9 Å². The van der Waals surface area contributed by atoms with E-state index >= 15 is 0 Å². The molecule has 0 N–H and O–H groups in total. The summed E-state index contributed by atoms with van der Waals surface area (Å²) in [6.07, 6.45) is -11.4. The lowest BCUT2D eigenvalue weighted by molar-refractivity contribution is -0.384. The van der Waals surface area contributed by atoms with E-state index in [1.165, 1.54) is 22.6 Å². The van der Waals surface area contributed by atoms with Crippen molar-refractivity contribution in [2.45, 2.75) is 79.7 Å². The average molecular weight is 472 g/mol. The van der Waals surface area contributed by atoms with E-state index in [9.17, 15) is 39.5 Å². The predicted octanol–water partition coefficient (Wildman–Crippen LogP) is 7.01. The van der Waals surface area contributed by atoms with E-state index in [-0.39, 0.29) is 6.42 Å². The monoisotopic (exact) mass is 472 g/mol. The highest BCUT2D eigenvalue weighted by atomic mass is 127. The quantitative estimate of drug-likeness (QED) is 0.147. The molecule has 0 aromatic rings. The van der Waals surface area contributed by atoms with Crippen LogP contribution in [0, 0.1) is 0 Å². The van der Waals surface area contributed by atoms with E-state index in [0.29, 0.717) is 12.8 Å². The predicted molar refractivity (Wildman–Crippen MR) is 76.7 cm³/mol. The molecule has 23 heavy (non-hydrogen) atoms. The first-order chi connectivity index (χ1) is 10.2. The maximum atomic E-state index is 13.9. The van der Waals surface area contributed by atoms with Crippen LogP contribution in [0.5, 0.6) is 0 Å². The van der Waals surface area contributed by atoms with E-state index in [0.717, 1.165) is 19.3 Å². The van der Waals surface area contributed by atoms with Crippen molar-refractivity contribution >= 4 is 22.6 Å². The summed E-state index contributed by atoms with van der Waals surface area (Å²) >= 11 is 1.30. The van der Waals surface area contributed by atoms with Crippen LogP contribution >= 0.6 is 22.6 Å². The number of unbranched alkanes of at least 4 members (excludes halogenated alkanes) is 4. The summed E-state index contributed by atoms with van der Waals surface area (Å²) in [5.41, 5.74) is -5.63. The third-order valence-corrected chi connectivity index (χ3v) is 4.49. The molecule has 0 radical (unpaired) electrons. The molecule has 0 saturated carbocycles. The average Bonchev–Trinajstić information content (AvgIpc) is 2.35. The summed E-state index contributed by atoms with van der Waals surface area (Å²) in [6.45, 7) is 1.93. The Hall–Kier alpha value is 0.1000. The van der Waals surface area contributed by atoms with Gasteiger partial charge in [0.25, 0.3) is 5.67 Å². The Bertz CT molecular complexity index is 350. The van der Waals surface area contributed by atoms with Crippen molar-refractivity contribution in [1.82, 2.24) is 0 Å². The number of halogens is 10. The fourth-order valence-corrected chi connectivity index (χ4v) is 3.07. The van der Waals surface area contributed by atoms with Gasteiger partial charge >= 0.3 is 18.3 Å². The molecule has 2 unspecified atom stereocenters. The van der Waals surface area contributed by atoms with E-state index in [2.05, 4.69) is 0 Å². The summed E-state index contributed by atoms with van der Waals surface area (Å²) in [4.78, 5) is 0. The van der Waals surface area contributed by atoms with Crippen LogP contribution in [0.4, 0.5) is 39.5 Å². The van der Waals surface area contributed by atoms with Gasteiger partial charge in [0, 0.05) is 10.3 Å². The third-order valence-electron chi connectivity index (χ3n) is 3.43. The lowest BCUT2D eigenvalue weighted by Gasteiger charge is -2.37. The number of rotatable bonds is 9. The van der Waals surface area contributed by atoms with Crippen molar-refractivity contribution in [3.05, 3.63) is 0 Å². The third kappa shape index (κ3) is 5.84. The molecule has 140 valence electrons. The van der Waals surface area contributed by atoms with Crippen LogP contribution in [0.25, 0.3) is 0 Å². The maximum absolute atomic E-state index is 13.9. The van der Waals surface area contributed by atoms with Gasteiger partial charge in [-0.3, -0.25) is 0 Å². The molecule has 0 aromatic carbocycles. The number of hydrogen-bond donors (Lipinski definition) is 0. The van der Waals surface area contributed by atoms with Crippen LogP contribution in [0.15, 0.2) is 0 Å². The molecular weight excluding hydrogens is 454 g/mol. The molecule has 0 heterocycles. The van der Waals surface area contributed by atoms with Crippen LogP contribution in [0.1, 0.15) is 51.9 Å². The molecule has 0 fully saturated rings. The Morgan fingerprint density at radius 3 is 1.61 bits per heavy atom. The Labute approximate surface area is 142 Å². The van der Waals surface area contributed by atoms with E-state index < -0.39 is 34.3 Å². The fraction of sp³-hybridized carbons (Fsp3) is 1.00. The van der Waals surface area contributed by atoms with E-state index in [1.807, 2.05) is 6.92 Å². The fourth-order valence-electron chi connectivity index (χ4n) is 2.02. The maximum Gasteiger partial charge on any atom is 0.457 e. The van der Waals surface area contributed by atoms with Crippen molar-refractivity contribution < 1.29 is 39.5 Å². The minimum atomic E-state index is -6.62. The molecule has 0 rings (SSSR count). The van der Waals surface area contributed by atoms with Crippen LogP contribution in [0.2, 0.25) is 0 Å². The molecule has 0 bridgehead atoms. The molecule has 0 nitrogen and oxygen atoms in total. The molecular formula is C13H18F9I. The minimum absolute atomic E-state index is 0.0556. The standard InChI is InChI=1S/C13H18F9I/c1-2-3-4-5-6-7-9(23)8-10(14,12(17,18)19)11(15,16)13(20,21)22/h9H,2-8H2,1H3. The lowest BCUT2D eigenvalue weighted by Crippen LogP contribution is -2.62. The van der Waals surface area contributed by atoms with Gasteiger partial charge in [0.1, 0.15) is 0 Å². The molecule has 0 aliphatic heterocycles. The largest absolute Gasteiger partial charge is 0.457 e. The Kier molecular flexibility index (Phi) is 8.50. The van der Waals surface area contributed by atoms with E-state index in [1.54, 1.807) is 0 Å². The Morgan fingerprint density at radius 1 is 0.739 bits per heavy atom. The molecule has 0 aliphatic carbocycles. The van der Waals surface area contributed by atoms with E-state index in [4.69, 9.17) is 0 Å². The van der Waals surface area contributed by atoms with Gasteiger partial charge in [-0.2, -0.15) is 35.1 Å². The highest BCUT2D eigenvalue weighted by Crippen LogP contribution is 2.55. The van der Waals surface area contributed by atoms with Crippen molar-refractivity contribution in [3.63, 3.8) is 0 Å². The second-order valence-electron chi connectivity index (χ2n) is 5.38. The van der Waals surface area contributed by atoms with Gasteiger partial charge in [0.05, 0.1) is 0 Å². The van der Waals surface area contributed by atoms with Crippen molar-refractivity contribution in [2.24, 2.45) is 0 Å². The first-order valence-electron chi connectivity index (χ1n) is 7.05. The zero-order chi connectivity index (χ0) is 18.5. The van der Waals surface area contributed by atoms with Crippen LogP contribution < -0.4 is 0 Å². The summed E-state index contributed by atoms with van der Waals surface area (Å²) in [7, 11) is 0. The first kappa shape index (κ1) is 23.1. The van der Waals surface area contributed by atoms with Gasteiger partial charge in [-0.1, -0.05) is 61.6 Å². The van der Waals surface area contributed by atoms with Gasteiger partial charge in [-0.05, 0) is 6.42 Å². The zero-order valence-corrected chi connectivity index (χ0v) is 14.5. The van der Waals surface area contributed by atoms with Gasteiger partial charge in [0.15, 0.2) is 0 Å². The number of hydrogen-bond acceptors (Lipinski definition) is 0. The van der Waals surface area contributed by atoms with Crippen molar-refractivity contribution in [1.29, 1.82) is 0 Å². The normalized spacial score (nSPS) is 17.9. The molecule has 2 atom stereocenters. The van der Waals surface area contributed by atoms with Crippen molar-refractivity contribution in [3.8, 4) is 0 Å². The highest BCUT2D eigenvalue weighted by molar-refractivity contribution is 14.1. The molecule has 10 heteroatoms. The topological polar surface area (TPSA) is 0 Å². The second-order valence-corrected chi connectivity index (χ2v) is 7.14. The van der Waals surface area contributed by atoms with Gasteiger partial charge in [0.2, 0.25) is 0 Å². The SMILES string of the molecule is CCCCCCCC(I)CC(F)(C(F)(F)F)C(F)(F)C(F)(F)F. The molecule has 0 amide bonds. The lowest BCUT2D eigenvalue weighted by atomic mass is 9.89. The summed E-state index contributed by atoms with van der Waals surface area (Å²) in [5, 5.41) is 0. The van der Waals surface area contributed by atoms with Crippen LogP contribution in [-0.2, 0) is 0 Å². The first-order valence-corrected chi connectivity index (χ1v) is 8.29. The zero-order valence-electron chi connectivity index (χ0n) is 12.3. The summed E-state index contributed by atoms with van der Waals surface area (Å²) in [5.74, 6) is -6.50. The molecule has 0 aromatic heterocycles. The Morgan fingerprint density at radius 2 is 1.22 bits per heavy atom.